The second kappa shape index (κ2) is 7.26. The van der Waals surface area contributed by atoms with Crippen molar-refractivity contribution in [2.75, 3.05) is 13.1 Å². The van der Waals surface area contributed by atoms with Crippen molar-refractivity contribution in [1.29, 1.82) is 0 Å². The number of aliphatic carboxylic acids is 1. The van der Waals surface area contributed by atoms with E-state index in [1.807, 2.05) is 13.8 Å². The lowest BCUT2D eigenvalue weighted by Crippen LogP contribution is -2.32. The Hall–Kier alpha value is -1.06. The van der Waals surface area contributed by atoms with Crippen molar-refractivity contribution < 1.29 is 14.7 Å². The smallest absolute Gasteiger partial charge is 0.303 e. The first-order chi connectivity index (χ1) is 7.01. The van der Waals surface area contributed by atoms with Gasteiger partial charge in [-0.25, -0.2) is 0 Å². The third-order valence-electron chi connectivity index (χ3n) is 2.27. The standard InChI is InChI=1S/C11H21NO3/c1-4-6-12(5-2)10(13)7-9(3)8-11(14)15/h9H,4-8H2,1-3H3,(H,14,15). The van der Waals surface area contributed by atoms with E-state index in [9.17, 15) is 9.59 Å². The van der Waals surface area contributed by atoms with Crippen LogP contribution in [-0.2, 0) is 9.59 Å². The molecule has 15 heavy (non-hydrogen) atoms. The Labute approximate surface area is 91.3 Å². The van der Waals surface area contributed by atoms with Crippen molar-refractivity contribution in [3.8, 4) is 0 Å². The molecule has 0 heterocycles. The minimum absolute atomic E-state index is 0.0631. The van der Waals surface area contributed by atoms with Crippen molar-refractivity contribution in [3.63, 3.8) is 0 Å². The minimum Gasteiger partial charge on any atom is -0.481 e. The highest BCUT2D eigenvalue weighted by Crippen LogP contribution is 2.10. The number of hydrogen-bond donors (Lipinski definition) is 1. The fourth-order valence-corrected chi connectivity index (χ4v) is 1.53. The van der Waals surface area contributed by atoms with E-state index >= 15 is 0 Å². The Morgan fingerprint density at radius 2 is 1.87 bits per heavy atom. The van der Waals surface area contributed by atoms with Crippen LogP contribution >= 0.6 is 0 Å². The molecule has 0 spiro atoms. The van der Waals surface area contributed by atoms with Gasteiger partial charge < -0.3 is 10.0 Å². The van der Waals surface area contributed by atoms with Crippen molar-refractivity contribution in [2.24, 2.45) is 5.92 Å². The van der Waals surface area contributed by atoms with E-state index in [4.69, 9.17) is 5.11 Å². The van der Waals surface area contributed by atoms with Gasteiger partial charge in [0, 0.05) is 25.9 Å². The summed E-state index contributed by atoms with van der Waals surface area (Å²) in [4.78, 5) is 23.9. The van der Waals surface area contributed by atoms with Gasteiger partial charge in [0.1, 0.15) is 0 Å². The summed E-state index contributed by atoms with van der Waals surface area (Å²) in [6, 6.07) is 0. The van der Waals surface area contributed by atoms with E-state index in [2.05, 4.69) is 0 Å². The number of carboxylic acid groups (broad SMARTS) is 1. The van der Waals surface area contributed by atoms with Crippen LogP contribution in [-0.4, -0.2) is 35.0 Å². The maximum absolute atomic E-state index is 11.7. The fraction of sp³-hybridized carbons (Fsp3) is 0.818. The van der Waals surface area contributed by atoms with Crippen molar-refractivity contribution in [3.05, 3.63) is 0 Å². The molecular weight excluding hydrogens is 194 g/mol. The number of carbonyl (C=O) groups is 2. The Bertz CT molecular complexity index is 216. The molecule has 0 aromatic carbocycles. The molecule has 1 unspecified atom stereocenters. The van der Waals surface area contributed by atoms with Gasteiger partial charge in [-0.2, -0.15) is 0 Å². The molecule has 0 radical (unpaired) electrons. The van der Waals surface area contributed by atoms with Crippen LogP contribution < -0.4 is 0 Å². The van der Waals surface area contributed by atoms with E-state index in [0.29, 0.717) is 13.0 Å². The predicted octanol–water partition coefficient (Wildman–Crippen LogP) is 1.75. The zero-order chi connectivity index (χ0) is 11.8. The van der Waals surface area contributed by atoms with Gasteiger partial charge in [-0.3, -0.25) is 9.59 Å². The van der Waals surface area contributed by atoms with Crippen LogP contribution in [0.25, 0.3) is 0 Å². The molecule has 4 nitrogen and oxygen atoms in total. The molecule has 0 bridgehead atoms. The lowest BCUT2D eigenvalue weighted by Gasteiger charge is -2.21. The Balaban J connectivity index is 4.03. The van der Waals surface area contributed by atoms with Gasteiger partial charge in [0.25, 0.3) is 0 Å². The maximum atomic E-state index is 11.7. The molecule has 0 rings (SSSR count). The molecule has 88 valence electrons. The molecule has 0 aliphatic carbocycles. The first-order valence-corrected chi connectivity index (χ1v) is 5.50. The quantitative estimate of drug-likeness (QED) is 0.703. The van der Waals surface area contributed by atoms with Crippen LogP contribution in [0.2, 0.25) is 0 Å². The molecular formula is C11H21NO3. The van der Waals surface area contributed by atoms with Crippen LogP contribution in [0.1, 0.15) is 40.0 Å². The Morgan fingerprint density at radius 1 is 1.27 bits per heavy atom. The SMILES string of the molecule is CCCN(CC)C(=O)CC(C)CC(=O)O. The van der Waals surface area contributed by atoms with Crippen molar-refractivity contribution in [1.82, 2.24) is 4.90 Å². The highest BCUT2D eigenvalue weighted by atomic mass is 16.4. The first kappa shape index (κ1) is 13.9. The molecule has 0 saturated heterocycles. The number of hydrogen-bond acceptors (Lipinski definition) is 2. The van der Waals surface area contributed by atoms with Gasteiger partial charge in [0.2, 0.25) is 5.91 Å². The monoisotopic (exact) mass is 215 g/mol. The third-order valence-corrected chi connectivity index (χ3v) is 2.27. The lowest BCUT2D eigenvalue weighted by molar-refractivity contribution is -0.138. The molecule has 1 atom stereocenters. The van der Waals surface area contributed by atoms with E-state index in [0.717, 1.165) is 13.0 Å². The molecule has 4 heteroatoms. The van der Waals surface area contributed by atoms with E-state index in [1.165, 1.54) is 0 Å². The Morgan fingerprint density at radius 3 is 2.27 bits per heavy atom. The summed E-state index contributed by atoms with van der Waals surface area (Å²) < 4.78 is 0. The lowest BCUT2D eigenvalue weighted by atomic mass is 10.0. The topological polar surface area (TPSA) is 57.6 Å². The normalized spacial score (nSPS) is 12.2. The van der Waals surface area contributed by atoms with Crippen LogP contribution in [0.4, 0.5) is 0 Å². The molecule has 0 aliphatic heterocycles. The number of carboxylic acids is 1. The van der Waals surface area contributed by atoms with Gasteiger partial charge in [0.05, 0.1) is 0 Å². The van der Waals surface area contributed by atoms with Gasteiger partial charge in [-0.05, 0) is 19.3 Å². The predicted molar refractivity (Wildman–Crippen MR) is 58.6 cm³/mol. The van der Waals surface area contributed by atoms with Gasteiger partial charge in [-0.15, -0.1) is 0 Å². The average molecular weight is 215 g/mol. The summed E-state index contributed by atoms with van der Waals surface area (Å²) in [5, 5.41) is 8.57. The zero-order valence-electron chi connectivity index (χ0n) is 9.82. The summed E-state index contributed by atoms with van der Waals surface area (Å²) in [7, 11) is 0. The molecule has 0 aromatic rings. The van der Waals surface area contributed by atoms with E-state index in [1.54, 1.807) is 11.8 Å². The maximum Gasteiger partial charge on any atom is 0.303 e. The van der Waals surface area contributed by atoms with Crippen LogP contribution in [0.15, 0.2) is 0 Å². The second-order valence-electron chi connectivity index (χ2n) is 3.88. The van der Waals surface area contributed by atoms with Crippen molar-refractivity contribution in [2.45, 2.75) is 40.0 Å². The third kappa shape index (κ3) is 6.10. The molecule has 0 saturated carbocycles. The molecule has 0 fully saturated rings. The van der Waals surface area contributed by atoms with E-state index < -0.39 is 5.97 Å². The summed E-state index contributed by atoms with van der Waals surface area (Å²) in [5.74, 6) is -0.858. The Kier molecular flexibility index (Phi) is 6.75. The highest BCUT2D eigenvalue weighted by molar-refractivity contribution is 5.77. The second-order valence-corrected chi connectivity index (χ2v) is 3.88. The van der Waals surface area contributed by atoms with Crippen LogP contribution in [0.3, 0.4) is 0 Å². The van der Waals surface area contributed by atoms with Gasteiger partial charge >= 0.3 is 5.97 Å². The fourth-order valence-electron chi connectivity index (χ4n) is 1.53. The van der Waals surface area contributed by atoms with Gasteiger partial charge in [0.15, 0.2) is 0 Å². The summed E-state index contributed by atoms with van der Waals surface area (Å²) >= 11 is 0. The number of carbonyl (C=O) groups excluding carboxylic acids is 1. The van der Waals surface area contributed by atoms with Gasteiger partial charge in [-0.1, -0.05) is 13.8 Å². The number of nitrogens with zero attached hydrogens (tertiary/aromatic N) is 1. The summed E-state index contributed by atoms with van der Waals surface area (Å²) in [5.41, 5.74) is 0. The molecule has 1 N–H and O–H groups in total. The van der Waals surface area contributed by atoms with Crippen molar-refractivity contribution >= 4 is 11.9 Å². The summed E-state index contributed by atoms with van der Waals surface area (Å²) in [6.45, 7) is 7.22. The average Bonchev–Trinajstić information content (AvgIpc) is 2.12. The zero-order valence-corrected chi connectivity index (χ0v) is 9.82. The largest absolute Gasteiger partial charge is 0.481 e. The summed E-state index contributed by atoms with van der Waals surface area (Å²) in [6.07, 6.45) is 1.34. The minimum atomic E-state index is -0.839. The number of rotatable bonds is 7. The first-order valence-electron chi connectivity index (χ1n) is 5.50. The number of amides is 1. The molecule has 1 amide bonds. The molecule has 0 aromatic heterocycles. The van der Waals surface area contributed by atoms with E-state index in [-0.39, 0.29) is 18.2 Å². The highest BCUT2D eigenvalue weighted by Gasteiger charge is 2.16. The molecule has 0 aliphatic rings. The van der Waals surface area contributed by atoms with Crippen LogP contribution in [0.5, 0.6) is 0 Å². The van der Waals surface area contributed by atoms with Crippen LogP contribution in [0, 0.1) is 5.92 Å².